The maximum atomic E-state index is 13.6. The van der Waals surface area contributed by atoms with E-state index in [0.717, 1.165) is 11.6 Å². The first kappa shape index (κ1) is 17.3. The van der Waals surface area contributed by atoms with Gasteiger partial charge in [0.2, 0.25) is 10.0 Å². The molecule has 0 saturated carbocycles. The molecule has 0 saturated heterocycles. The van der Waals surface area contributed by atoms with E-state index < -0.39 is 21.9 Å². The Labute approximate surface area is 146 Å². The zero-order chi connectivity index (χ0) is 18.0. The van der Waals surface area contributed by atoms with Crippen LogP contribution in [0.15, 0.2) is 65.8 Å². The summed E-state index contributed by atoms with van der Waals surface area (Å²) in [7, 11) is -2.16. The van der Waals surface area contributed by atoms with E-state index in [1.165, 1.54) is 12.1 Å². The van der Waals surface area contributed by atoms with Gasteiger partial charge in [-0.3, -0.25) is 0 Å². The number of rotatable bonds is 5. The molecule has 0 aliphatic carbocycles. The van der Waals surface area contributed by atoms with Crippen molar-refractivity contribution in [2.75, 3.05) is 0 Å². The van der Waals surface area contributed by atoms with Crippen molar-refractivity contribution in [3.63, 3.8) is 0 Å². The Balaban J connectivity index is 2.06. The van der Waals surface area contributed by atoms with Crippen LogP contribution in [0.1, 0.15) is 23.0 Å². The Hall–Kier alpha value is -2.51. The largest absolute Gasteiger partial charge is 0.336 e. The second kappa shape index (κ2) is 6.78. The number of nitrogens with one attached hydrogen (secondary N) is 1. The van der Waals surface area contributed by atoms with E-state index >= 15 is 0 Å². The molecule has 130 valence electrons. The van der Waals surface area contributed by atoms with E-state index in [0.29, 0.717) is 11.4 Å². The van der Waals surface area contributed by atoms with Gasteiger partial charge in [-0.05, 0) is 30.2 Å². The topological polar surface area (TPSA) is 64.0 Å². The zero-order valence-corrected chi connectivity index (χ0v) is 14.7. The number of aromatic nitrogens is 2. The Morgan fingerprint density at radius 1 is 1.16 bits per heavy atom. The molecule has 1 unspecified atom stereocenters. The summed E-state index contributed by atoms with van der Waals surface area (Å²) in [6.07, 6.45) is 3.35. The number of hydrogen-bond acceptors (Lipinski definition) is 3. The fourth-order valence-electron chi connectivity index (χ4n) is 2.65. The van der Waals surface area contributed by atoms with Crippen molar-refractivity contribution in [3.05, 3.63) is 83.7 Å². The normalized spacial score (nSPS) is 12.9. The fraction of sp³-hybridized carbons (Fsp3) is 0.167. The molecule has 1 heterocycles. The Kier molecular flexibility index (Phi) is 4.69. The maximum absolute atomic E-state index is 13.6. The molecule has 0 radical (unpaired) electrons. The smallest absolute Gasteiger partial charge is 0.241 e. The molecular weight excluding hydrogens is 341 g/mol. The molecule has 3 rings (SSSR count). The van der Waals surface area contributed by atoms with Gasteiger partial charge in [-0.25, -0.2) is 17.8 Å². The molecule has 25 heavy (non-hydrogen) atoms. The predicted octanol–water partition coefficient (Wildman–Crippen LogP) is 2.94. The lowest BCUT2D eigenvalue weighted by molar-refractivity contribution is 0.559. The summed E-state index contributed by atoms with van der Waals surface area (Å²) in [6.45, 7) is 1.63. The van der Waals surface area contributed by atoms with Crippen LogP contribution in [0.4, 0.5) is 4.39 Å². The van der Waals surface area contributed by atoms with Gasteiger partial charge in [0.25, 0.3) is 0 Å². The van der Waals surface area contributed by atoms with Gasteiger partial charge in [0.05, 0.1) is 4.90 Å². The lowest BCUT2D eigenvalue weighted by Gasteiger charge is -2.20. The molecular formula is C18H18FN3O2S. The first-order valence-corrected chi connectivity index (χ1v) is 9.17. The second-order valence-electron chi connectivity index (χ2n) is 5.77. The minimum absolute atomic E-state index is 0.0809. The van der Waals surface area contributed by atoms with Crippen LogP contribution in [-0.2, 0) is 17.1 Å². The quantitative estimate of drug-likeness (QED) is 0.762. The Bertz CT molecular complexity index is 985. The minimum atomic E-state index is -3.95. The van der Waals surface area contributed by atoms with Crippen molar-refractivity contribution >= 4 is 10.0 Å². The monoisotopic (exact) mass is 359 g/mol. The lowest BCUT2D eigenvalue weighted by atomic mass is 10.1. The van der Waals surface area contributed by atoms with Gasteiger partial charge in [0, 0.05) is 19.4 Å². The van der Waals surface area contributed by atoms with Crippen molar-refractivity contribution < 1.29 is 12.8 Å². The molecule has 3 aromatic rings. The third kappa shape index (κ3) is 3.62. The summed E-state index contributed by atoms with van der Waals surface area (Å²) < 4.78 is 43.7. The summed E-state index contributed by atoms with van der Waals surface area (Å²) in [6, 6.07) is 12.2. The van der Waals surface area contributed by atoms with E-state index in [1.54, 1.807) is 30.9 Å². The van der Waals surface area contributed by atoms with Crippen LogP contribution in [0.25, 0.3) is 0 Å². The van der Waals surface area contributed by atoms with Crippen LogP contribution < -0.4 is 4.72 Å². The highest BCUT2D eigenvalue weighted by atomic mass is 32.2. The maximum Gasteiger partial charge on any atom is 0.241 e. The van der Waals surface area contributed by atoms with Crippen LogP contribution >= 0.6 is 0 Å². The highest BCUT2D eigenvalue weighted by molar-refractivity contribution is 7.89. The molecule has 1 N–H and O–H groups in total. The number of imidazole rings is 1. The molecule has 0 fully saturated rings. The molecule has 0 aliphatic heterocycles. The standard InChI is InChI=1S/C18H18FN3O2S/c1-13-8-9-15(19)12-16(13)25(23,24)21-17(14-6-4-3-5-7-14)18-20-10-11-22(18)2/h3-12,17,21H,1-2H3. The third-order valence-corrected chi connectivity index (χ3v) is 5.53. The molecule has 0 amide bonds. The zero-order valence-electron chi connectivity index (χ0n) is 13.8. The van der Waals surface area contributed by atoms with Gasteiger partial charge in [-0.2, -0.15) is 4.72 Å². The predicted molar refractivity (Wildman–Crippen MR) is 93.0 cm³/mol. The first-order chi connectivity index (χ1) is 11.9. The average Bonchev–Trinajstić information content (AvgIpc) is 3.01. The van der Waals surface area contributed by atoms with Crippen molar-refractivity contribution in [3.8, 4) is 0 Å². The minimum Gasteiger partial charge on any atom is -0.336 e. The van der Waals surface area contributed by atoms with Crippen LogP contribution in [0, 0.1) is 12.7 Å². The Morgan fingerprint density at radius 3 is 2.52 bits per heavy atom. The summed E-state index contributed by atoms with van der Waals surface area (Å²) >= 11 is 0. The van der Waals surface area contributed by atoms with Crippen LogP contribution in [-0.4, -0.2) is 18.0 Å². The van der Waals surface area contributed by atoms with Crippen molar-refractivity contribution in [1.29, 1.82) is 0 Å². The fourth-order valence-corrected chi connectivity index (χ4v) is 4.09. The van der Waals surface area contributed by atoms with E-state index in [4.69, 9.17) is 0 Å². The van der Waals surface area contributed by atoms with Crippen LogP contribution in [0.2, 0.25) is 0 Å². The molecule has 7 heteroatoms. The number of hydrogen-bond donors (Lipinski definition) is 1. The van der Waals surface area contributed by atoms with Gasteiger partial charge in [0.15, 0.2) is 0 Å². The highest BCUT2D eigenvalue weighted by Crippen LogP contribution is 2.24. The third-order valence-electron chi connectivity index (χ3n) is 3.96. The number of nitrogens with zero attached hydrogens (tertiary/aromatic N) is 2. The van der Waals surface area contributed by atoms with Gasteiger partial charge in [-0.1, -0.05) is 36.4 Å². The van der Waals surface area contributed by atoms with Gasteiger partial charge >= 0.3 is 0 Å². The summed E-state index contributed by atoms with van der Waals surface area (Å²) in [4.78, 5) is 4.19. The average molecular weight is 359 g/mol. The molecule has 1 aromatic heterocycles. The van der Waals surface area contributed by atoms with E-state index in [-0.39, 0.29) is 4.90 Å². The van der Waals surface area contributed by atoms with Gasteiger partial charge < -0.3 is 4.57 Å². The number of aryl methyl sites for hydroxylation is 2. The van der Waals surface area contributed by atoms with E-state index in [9.17, 15) is 12.8 Å². The van der Waals surface area contributed by atoms with Crippen molar-refractivity contribution in [1.82, 2.24) is 14.3 Å². The van der Waals surface area contributed by atoms with Crippen LogP contribution in [0.3, 0.4) is 0 Å². The van der Waals surface area contributed by atoms with Crippen molar-refractivity contribution in [2.45, 2.75) is 17.9 Å². The molecule has 1 atom stereocenters. The summed E-state index contributed by atoms with van der Waals surface area (Å²) in [5.74, 6) is -0.0527. The SMILES string of the molecule is Cc1ccc(F)cc1S(=O)(=O)NC(c1ccccc1)c1nccn1C. The molecule has 0 aliphatic rings. The van der Waals surface area contributed by atoms with E-state index in [2.05, 4.69) is 9.71 Å². The Morgan fingerprint density at radius 2 is 1.88 bits per heavy atom. The van der Waals surface area contributed by atoms with Crippen molar-refractivity contribution in [2.24, 2.45) is 7.05 Å². The summed E-state index contributed by atoms with van der Waals surface area (Å²) in [5.41, 5.74) is 1.22. The second-order valence-corrected chi connectivity index (χ2v) is 7.45. The van der Waals surface area contributed by atoms with Crippen LogP contribution in [0.5, 0.6) is 0 Å². The highest BCUT2D eigenvalue weighted by Gasteiger charge is 2.26. The number of sulfonamides is 1. The van der Waals surface area contributed by atoms with Gasteiger partial charge in [-0.15, -0.1) is 0 Å². The molecule has 2 aromatic carbocycles. The molecule has 0 bridgehead atoms. The number of halogens is 1. The van der Waals surface area contributed by atoms with Gasteiger partial charge in [0.1, 0.15) is 17.7 Å². The number of benzene rings is 2. The lowest BCUT2D eigenvalue weighted by Crippen LogP contribution is -2.31. The molecule has 5 nitrogen and oxygen atoms in total. The first-order valence-electron chi connectivity index (χ1n) is 7.69. The molecule has 0 spiro atoms. The summed E-state index contributed by atoms with van der Waals surface area (Å²) in [5, 5.41) is 0. The van der Waals surface area contributed by atoms with E-state index in [1.807, 2.05) is 30.3 Å².